The first kappa shape index (κ1) is 16.3. The van der Waals surface area contributed by atoms with E-state index >= 15 is 0 Å². The number of para-hydroxylation sites is 1. The van der Waals surface area contributed by atoms with E-state index in [4.69, 9.17) is 9.84 Å². The summed E-state index contributed by atoms with van der Waals surface area (Å²) in [5.74, 6) is 0.706. The van der Waals surface area contributed by atoms with Gasteiger partial charge in [0.25, 0.3) is 6.23 Å². The van der Waals surface area contributed by atoms with Crippen LogP contribution in [0.1, 0.15) is 38.8 Å². The van der Waals surface area contributed by atoms with Crippen LogP contribution in [0.5, 0.6) is 5.75 Å². The van der Waals surface area contributed by atoms with E-state index in [-0.39, 0.29) is 11.8 Å². The van der Waals surface area contributed by atoms with Crippen LogP contribution in [0.2, 0.25) is 0 Å². The summed E-state index contributed by atoms with van der Waals surface area (Å²) in [5, 5.41) is 8.71. The van der Waals surface area contributed by atoms with Crippen LogP contribution in [0.15, 0.2) is 71.1 Å². The summed E-state index contributed by atoms with van der Waals surface area (Å²) in [6.07, 6.45) is 0.0310. The fourth-order valence-corrected chi connectivity index (χ4v) is 4.38. The zero-order valence-corrected chi connectivity index (χ0v) is 15.6. The summed E-state index contributed by atoms with van der Waals surface area (Å²) in [6, 6.07) is 19.7. The Labute approximate surface area is 161 Å². The van der Waals surface area contributed by atoms with E-state index in [1.165, 1.54) is 0 Å². The minimum Gasteiger partial charge on any atom is -0.461 e. The molecule has 5 heteroatoms. The van der Waals surface area contributed by atoms with Gasteiger partial charge in [-0.25, -0.2) is 5.01 Å². The second-order valence-corrected chi connectivity index (χ2v) is 7.81. The van der Waals surface area contributed by atoms with Crippen molar-refractivity contribution >= 4 is 22.8 Å². The Morgan fingerprint density at radius 1 is 1.11 bits per heavy atom. The first-order chi connectivity index (χ1) is 13.2. The highest BCUT2D eigenvalue weighted by Crippen LogP contribution is 2.43. The van der Waals surface area contributed by atoms with E-state index < -0.39 is 6.23 Å². The third-order valence-corrected chi connectivity index (χ3v) is 5.98. The highest BCUT2D eigenvalue weighted by atomic mass is 32.1. The molecule has 2 unspecified atom stereocenters. The zero-order valence-electron chi connectivity index (χ0n) is 14.8. The minimum absolute atomic E-state index is 0.0199. The van der Waals surface area contributed by atoms with Gasteiger partial charge >= 0.3 is 0 Å². The standard InChI is InChI=1S/C22H18N2O2S/c1-14-8-10-15(11-9-14)21(25)22-24-18(16-5-2-3-6-19(16)26-22)13-17(23-24)20-7-4-12-27-20/h2-12,18,22H,13H2,1H3. The lowest BCUT2D eigenvalue weighted by Crippen LogP contribution is -2.45. The quantitative estimate of drug-likeness (QED) is 0.618. The molecule has 134 valence electrons. The number of ketones is 1. The molecule has 2 aliphatic rings. The number of hydrogen-bond donors (Lipinski definition) is 0. The smallest absolute Gasteiger partial charge is 0.251 e. The average Bonchev–Trinajstić information content (AvgIpc) is 3.37. The zero-order chi connectivity index (χ0) is 18.4. The van der Waals surface area contributed by atoms with Crippen molar-refractivity contribution in [3.63, 3.8) is 0 Å². The third-order valence-electron chi connectivity index (χ3n) is 5.07. The molecule has 0 spiro atoms. The van der Waals surface area contributed by atoms with E-state index in [0.29, 0.717) is 5.56 Å². The van der Waals surface area contributed by atoms with Gasteiger partial charge < -0.3 is 4.74 Å². The van der Waals surface area contributed by atoms with Gasteiger partial charge in [0, 0.05) is 17.5 Å². The number of benzene rings is 2. The Morgan fingerprint density at radius 2 is 1.93 bits per heavy atom. The van der Waals surface area contributed by atoms with Gasteiger partial charge in [0.15, 0.2) is 0 Å². The maximum Gasteiger partial charge on any atom is 0.251 e. The topological polar surface area (TPSA) is 41.9 Å². The molecular weight excluding hydrogens is 356 g/mol. The van der Waals surface area contributed by atoms with Crippen molar-refractivity contribution in [1.82, 2.24) is 5.01 Å². The predicted molar refractivity (Wildman–Crippen MR) is 106 cm³/mol. The van der Waals surface area contributed by atoms with Gasteiger partial charge in [0.1, 0.15) is 5.75 Å². The van der Waals surface area contributed by atoms with Crippen LogP contribution in [-0.4, -0.2) is 22.7 Å². The predicted octanol–water partition coefficient (Wildman–Crippen LogP) is 4.81. The first-order valence-electron chi connectivity index (χ1n) is 8.97. The van der Waals surface area contributed by atoms with Gasteiger partial charge in [-0.3, -0.25) is 4.79 Å². The number of Topliss-reactive ketones (excluding diaryl/α,β-unsaturated/α-hetero) is 1. The van der Waals surface area contributed by atoms with E-state index in [0.717, 1.165) is 33.9 Å². The highest BCUT2D eigenvalue weighted by Gasteiger charge is 2.43. The molecule has 2 atom stereocenters. The lowest BCUT2D eigenvalue weighted by molar-refractivity contribution is -0.00455. The number of fused-ring (bicyclic) bond motifs is 3. The van der Waals surface area contributed by atoms with Gasteiger partial charge in [-0.2, -0.15) is 5.10 Å². The van der Waals surface area contributed by atoms with E-state index in [2.05, 4.69) is 17.5 Å². The number of hydrazone groups is 1. The summed E-state index contributed by atoms with van der Waals surface area (Å²) in [6.45, 7) is 2.01. The molecule has 4 nitrogen and oxygen atoms in total. The van der Waals surface area contributed by atoms with Crippen molar-refractivity contribution < 1.29 is 9.53 Å². The maximum atomic E-state index is 13.2. The molecule has 2 aromatic carbocycles. The summed E-state index contributed by atoms with van der Waals surface area (Å²) >= 11 is 1.67. The highest BCUT2D eigenvalue weighted by molar-refractivity contribution is 7.12. The summed E-state index contributed by atoms with van der Waals surface area (Å²) in [7, 11) is 0. The monoisotopic (exact) mass is 374 g/mol. The normalized spacial score (nSPS) is 20.5. The van der Waals surface area contributed by atoms with Crippen LogP contribution < -0.4 is 4.74 Å². The first-order valence-corrected chi connectivity index (χ1v) is 9.85. The Morgan fingerprint density at radius 3 is 2.70 bits per heavy atom. The van der Waals surface area contributed by atoms with Gasteiger partial charge in [0.05, 0.1) is 16.6 Å². The molecule has 0 saturated heterocycles. The van der Waals surface area contributed by atoms with Crippen LogP contribution in [0.3, 0.4) is 0 Å². The molecule has 1 aromatic heterocycles. The summed E-state index contributed by atoms with van der Waals surface area (Å²) in [5.41, 5.74) is 3.86. The molecule has 0 amide bonds. The molecule has 0 saturated carbocycles. The number of carbonyl (C=O) groups is 1. The Hall–Kier alpha value is -2.92. The Balaban J connectivity index is 1.56. The molecule has 0 fully saturated rings. The number of hydrogen-bond acceptors (Lipinski definition) is 5. The molecule has 3 heterocycles. The largest absolute Gasteiger partial charge is 0.461 e. The number of rotatable bonds is 3. The maximum absolute atomic E-state index is 13.2. The lowest BCUT2D eigenvalue weighted by atomic mass is 9.97. The fraction of sp³-hybridized carbons (Fsp3) is 0.182. The average molecular weight is 374 g/mol. The lowest BCUT2D eigenvalue weighted by Gasteiger charge is -2.37. The van der Waals surface area contributed by atoms with Crippen molar-refractivity contribution in [2.75, 3.05) is 0 Å². The second kappa shape index (κ2) is 6.35. The Kier molecular flexibility index (Phi) is 3.83. The van der Waals surface area contributed by atoms with Crippen molar-refractivity contribution in [3.8, 4) is 5.75 Å². The van der Waals surface area contributed by atoms with Crippen LogP contribution in [0.25, 0.3) is 0 Å². The van der Waals surface area contributed by atoms with Crippen LogP contribution in [-0.2, 0) is 0 Å². The molecule has 27 heavy (non-hydrogen) atoms. The van der Waals surface area contributed by atoms with Gasteiger partial charge in [-0.15, -0.1) is 11.3 Å². The molecule has 0 bridgehead atoms. The van der Waals surface area contributed by atoms with Crippen LogP contribution >= 0.6 is 11.3 Å². The minimum atomic E-state index is -0.745. The molecule has 0 N–H and O–H groups in total. The number of ether oxygens (including phenoxy) is 1. The van der Waals surface area contributed by atoms with Crippen molar-refractivity contribution in [3.05, 3.63) is 87.6 Å². The Bertz CT molecular complexity index is 1020. The number of nitrogens with zero attached hydrogens (tertiary/aromatic N) is 2. The van der Waals surface area contributed by atoms with Gasteiger partial charge in [0.2, 0.25) is 5.78 Å². The van der Waals surface area contributed by atoms with E-state index in [1.54, 1.807) is 11.3 Å². The number of carbonyl (C=O) groups excluding carboxylic acids is 1. The molecule has 2 aliphatic heterocycles. The van der Waals surface area contributed by atoms with Crippen LogP contribution in [0.4, 0.5) is 0 Å². The summed E-state index contributed by atoms with van der Waals surface area (Å²) < 4.78 is 6.13. The van der Waals surface area contributed by atoms with Crippen LogP contribution in [0, 0.1) is 6.92 Å². The molecular formula is C22H18N2O2S. The molecule has 0 radical (unpaired) electrons. The van der Waals surface area contributed by atoms with E-state index in [1.807, 2.05) is 60.5 Å². The molecule has 5 rings (SSSR count). The van der Waals surface area contributed by atoms with E-state index in [9.17, 15) is 4.79 Å². The van der Waals surface area contributed by atoms with Gasteiger partial charge in [-0.1, -0.05) is 54.1 Å². The molecule has 0 aliphatic carbocycles. The fourth-order valence-electron chi connectivity index (χ4n) is 3.66. The number of aryl methyl sites for hydroxylation is 1. The SMILES string of the molecule is Cc1ccc(C(=O)C2Oc3ccccc3C3CC(c4cccs4)=NN23)cc1. The van der Waals surface area contributed by atoms with Crippen molar-refractivity contribution in [2.45, 2.75) is 25.6 Å². The van der Waals surface area contributed by atoms with Crippen molar-refractivity contribution in [2.24, 2.45) is 5.10 Å². The molecule has 3 aromatic rings. The third kappa shape index (κ3) is 2.75. The number of thiophene rings is 1. The second-order valence-electron chi connectivity index (χ2n) is 6.86. The van der Waals surface area contributed by atoms with Crippen molar-refractivity contribution in [1.29, 1.82) is 0 Å². The summed E-state index contributed by atoms with van der Waals surface area (Å²) in [4.78, 5) is 14.4. The van der Waals surface area contributed by atoms with Gasteiger partial charge in [-0.05, 0) is 24.4 Å².